The molecule has 2 heterocycles. The summed E-state index contributed by atoms with van der Waals surface area (Å²) in [5.74, 6) is -0.205. The van der Waals surface area contributed by atoms with E-state index in [1.54, 1.807) is 59.4 Å². The number of aromatic nitrogens is 2. The largest absolute Gasteiger partial charge is 0.348 e. The number of sulfonamides is 1. The molecule has 30 heavy (non-hydrogen) atoms. The number of hydrogen-bond donors (Lipinski definition) is 2. The maximum atomic E-state index is 12.8. The van der Waals surface area contributed by atoms with Gasteiger partial charge in [-0.3, -0.25) is 4.79 Å². The molecule has 0 atom stereocenters. The van der Waals surface area contributed by atoms with Gasteiger partial charge in [0.25, 0.3) is 5.91 Å². The van der Waals surface area contributed by atoms with Gasteiger partial charge in [-0.15, -0.1) is 0 Å². The van der Waals surface area contributed by atoms with Crippen molar-refractivity contribution < 1.29 is 13.2 Å². The first-order valence-corrected chi connectivity index (χ1v) is 11.3. The lowest BCUT2D eigenvalue weighted by atomic mass is 10.2. The summed E-state index contributed by atoms with van der Waals surface area (Å²) in [5, 5.41) is 5.89. The van der Waals surface area contributed by atoms with E-state index in [1.165, 1.54) is 4.31 Å². The Hall–Kier alpha value is -2.75. The first kappa shape index (κ1) is 21.9. The number of amides is 1. The van der Waals surface area contributed by atoms with E-state index in [9.17, 15) is 13.2 Å². The lowest BCUT2D eigenvalue weighted by Crippen LogP contribution is -2.33. The maximum Gasteiger partial charge on any atom is 0.253 e. The molecule has 3 aromatic rings. The number of carbonyl (C=O) groups excluding carboxylic acids is 1. The van der Waals surface area contributed by atoms with Crippen LogP contribution in [0.2, 0.25) is 0 Å². The van der Waals surface area contributed by atoms with E-state index in [2.05, 4.69) is 15.6 Å². The fraction of sp³-hybridized carbons (Fsp3) is 0.333. The quantitative estimate of drug-likeness (QED) is 0.480. The molecule has 0 aliphatic heterocycles. The minimum Gasteiger partial charge on any atom is -0.348 e. The van der Waals surface area contributed by atoms with E-state index < -0.39 is 10.0 Å². The summed E-state index contributed by atoms with van der Waals surface area (Å²) in [7, 11) is -1.68. The zero-order chi connectivity index (χ0) is 21.6. The Morgan fingerprint density at radius 1 is 1.17 bits per heavy atom. The molecule has 160 valence electrons. The molecule has 2 aromatic heterocycles. The molecule has 2 N–H and O–H groups in total. The van der Waals surface area contributed by atoms with Gasteiger partial charge < -0.3 is 15.0 Å². The van der Waals surface area contributed by atoms with Crippen molar-refractivity contribution in [3.63, 3.8) is 0 Å². The van der Waals surface area contributed by atoms with Gasteiger partial charge in [0, 0.05) is 38.2 Å². The van der Waals surface area contributed by atoms with Gasteiger partial charge >= 0.3 is 0 Å². The highest BCUT2D eigenvalue weighted by atomic mass is 32.2. The minimum atomic E-state index is -3.53. The second kappa shape index (κ2) is 9.84. The number of nitrogens with one attached hydrogen (secondary N) is 2. The molecule has 0 bridgehead atoms. The van der Waals surface area contributed by atoms with Gasteiger partial charge in [-0.2, -0.15) is 4.31 Å². The summed E-state index contributed by atoms with van der Waals surface area (Å²) < 4.78 is 28.9. The lowest BCUT2D eigenvalue weighted by Gasteiger charge is -2.20. The Bertz CT molecular complexity index is 1090. The van der Waals surface area contributed by atoms with Crippen LogP contribution in [0, 0.1) is 0 Å². The maximum absolute atomic E-state index is 12.8. The fourth-order valence-electron chi connectivity index (χ4n) is 3.15. The molecule has 0 saturated carbocycles. The molecule has 0 saturated heterocycles. The molecule has 0 spiro atoms. The second-order valence-corrected chi connectivity index (χ2v) is 8.83. The van der Waals surface area contributed by atoms with Crippen molar-refractivity contribution in [3.8, 4) is 0 Å². The van der Waals surface area contributed by atoms with E-state index in [0.717, 1.165) is 24.2 Å². The Labute approximate surface area is 177 Å². The van der Waals surface area contributed by atoms with Crippen LogP contribution in [0.15, 0.2) is 59.9 Å². The summed E-state index contributed by atoms with van der Waals surface area (Å²) in [6.07, 6.45) is 5.93. The number of imidazole rings is 1. The van der Waals surface area contributed by atoms with Gasteiger partial charge in [-0.25, -0.2) is 13.4 Å². The number of rotatable bonds is 10. The molecular formula is C21H27N5O3S. The molecule has 0 radical (unpaired) electrons. The van der Waals surface area contributed by atoms with Crippen LogP contribution in [-0.2, 0) is 16.6 Å². The number of fused-ring (bicyclic) bond motifs is 1. The molecular weight excluding hydrogens is 402 g/mol. The van der Waals surface area contributed by atoms with Crippen LogP contribution in [0.5, 0.6) is 0 Å². The molecule has 9 heteroatoms. The Morgan fingerprint density at radius 3 is 2.63 bits per heavy atom. The van der Waals surface area contributed by atoms with E-state index in [4.69, 9.17) is 0 Å². The zero-order valence-electron chi connectivity index (χ0n) is 17.2. The minimum absolute atomic E-state index is 0.205. The van der Waals surface area contributed by atoms with Gasteiger partial charge in [0.2, 0.25) is 10.0 Å². The third kappa shape index (κ3) is 5.05. The molecule has 0 unspecified atom stereocenters. The first-order valence-electron chi connectivity index (χ1n) is 9.90. The normalized spacial score (nSPS) is 11.8. The van der Waals surface area contributed by atoms with Gasteiger partial charge in [-0.05, 0) is 49.8 Å². The number of nitrogens with zero attached hydrogens (tertiary/aromatic N) is 3. The molecule has 3 rings (SSSR count). The topological polar surface area (TPSA) is 95.8 Å². The molecule has 8 nitrogen and oxygen atoms in total. The summed E-state index contributed by atoms with van der Waals surface area (Å²) in [4.78, 5) is 16.8. The average molecular weight is 430 g/mol. The van der Waals surface area contributed by atoms with Gasteiger partial charge in [0.15, 0.2) is 0 Å². The Balaban J connectivity index is 1.62. The first-order chi connectivity index (χ1) is 14.5. The fourth-order valence-corrected chi connectivity index (χ4v) is 4.64. The summed E-state index contributed by atoms with van der Waals surface area (Å²) >= 11 is 0. The standard InChI is InChI=1S/C21H27N5O3S/c1-3-26(13-4-11-22-2)30(28,29)19-8-5-17(6-9-19)15-24-21(27)18-7-10-20-23-12-14-25(20)16-18/h5-10,12,14,16,22H,3-4,11,13,15H2,1-2H3,(H,24,27). The van der Waals surface area contributed by atoms with Crippen LogP contribution in [0.1, 0.15) is 29.3 Å². The van der Waals surface area contributed by atoms with Crippen molar-refractivity contribution in [2.75, 3.05) is 26.7 Å². The molecule has 1 aromatic carbocycles. The second-order valence-electron chi connectivity index (χ2n) is 6.89. The highest BCUT2D eigenvalue weighted by Gasteiger charge is 2.22. The van der Waals surface area contributed by atoms with Crippen LogP contribution in [-0.4, -0.2) is 54.7 Å². The smallest absolute Gasteiger partial charge is 0.253 e. The van der Waals surface area contributed by atoms with Crippen LogP contribution in [0.3, 0.4) is 0 Å². The number of hydrogen-bond acceptors (Lipinski definition) is 5. The van der Waals surface area contributed by atoms with Crippen LogP contribution >= 0.6 is 0 Å². The number of carbonyl (C=O) groups is 1. The predicted molar refractivity (Wildman–Crippen MR) is 116 cm³/mol. The zero-order valence-corrected chi connectivity index (χ0v) is 18.0. The van der Waals surface area contributed by atoms with Crippen molar-refractivity contribution in [1.29, 1.82) is 0 Å². The highest BCUT2D eigenvalue weighted by molar-refractivity contribution is 7.89. The van der Waals surface area contributed by atoms with E-state index >= 15 is 0 Å². The lowest BCUT2D eigenvalue weighted by molar-refractivity contribution is 0.0950. The monoisotopic (exact) mass is 429 g/mol. The van der Waals surface area contributed by atoms with Gasteiger partial charge in [0.1, 0.15) is 5.65 Å². The Morgan fingerprint density at radius 2 is 1.93 bits per heavy atom. The summed E-state index contributed by atoms with van der Waals surface area (Å²) in [6, 6.07) is 10.1. The van der Waals surface area contributed by atoms with Crippen LogP contribution < -0.4 is 10.6 Å². The van der Waals surface area contributed by atoms with Crippen molar-refractivity contribution in [2.45, 2.75) is 24.8 Å². The predicted octanol–water partition coefficient (Wildman–Crippen LogP) is 1.88. The van der Waals surface area contributed by atoms with Crippen molar-refractivity contribution in [2.24, 2.45) is 0 Å². The molecule has 0 fully saturated rings. The number of pyridine rings is 1. The van der Waals surface area contributed by atoms with Crippen LogP contribution in [0.4, 0.5) is 0 Å². The van der Waals surface area contributed by atoms with Crippen LogP contribution in [0.25, 0.3) is 5.65 Å². The van der Waals surface area contributed by atoms with Crippen molar-refractivity contribution >= 4 is 21.6 Å². The Kier molecular flexibility index (Phi) is 7.20. The average Bonchev–Trinajstić information content (AvgIpc) is 3.23. The molecule has 1 amide bonds. The third-order valence-corrected chi connectivity index (χ3v) is 6.84. The van der Waals surface area contributed by atoms with E-state index in [0.29, 0.717) is 25.2 Å². The van der Waals surface area contributed by atoms with E-state index in [-0.39, 0.29) is 10.8 Å². The molecule has 0 aliphatic carbocycles. The summed E-state index contributed by atoms with van der Waals surface area (Å²) in [5.41, 5.74) is 2.12. The van der Waals surface area contributed by atoms with Gasteiger partial charge in [-0.1, -0.05) is 19.1 Å². The molecule has 0 aliphatic rings. The van der Waals surface area contributed by atoms with Crippen molar-refractivity contribution in [3.05, 3.63) is 66.1 Å². The van der Waals surface area contributed by atoms with Gasteiger partial charge in [0.05, 0.1) is 10.5 Å². The number of benzene rings is 1. The van der Waals surface area contributed by atoms with E-state index in [1.807, 2.05) is 14.0 Å². The van der Waals surface area contributed by atoms with Crippen molar-refractivity contribution in [1.82, 2.24) is 24.3 Å². The third-order valence-electron chi connectivity index (χ3n) is 4.85. The summed E-state index contributed by atoms with van der Waals surface area (Å²) in [6.45, 7) is 3.80. The highest BCUT2D eigenvalue weighted by Crippen LogP contribution is 2.17. The SMILES string of the molecule is CCN(CCCNC)S(=O)(=O)c1ccc(CNC(=O)c2ccc3nccn3c2)cc1.